The van der Waals surface area contributed by atoms with Gasteiger partial charge in [0.2, 0.25) is 5.91 Å². The van der Waals surface area contributed by atoms with E-state index in [0.717, 1.165) is 5.69 Å². The lowest BCUT2D eigenvalue weighted by molar-refractivity contribution is -0.113. The number of hydrogen-bond donors (Lipinski definition) is 2. The zero-order valence-corrected chi connectivity index (χ0v) is 12.6. The van der Waals surface area contributed by atoms with Gasteiger partial charge in [0.05, 0.1) is 11.3 Å². The predicted molar refractivity (Wildman–Crippen MR) is 86.1 cm³/mol. The maximum Gasteiger partial charge on any atom is 0.253 e. The minimum Gasteiger partial charge on any atom is -0.352 e. The van der Waals surface area contributed by atoms with Gasteiger partial charge in [-0.15, -0.1) is 11.6 Å². The summed E-state index contributed by atoms with van der Waals surface area (Å²) in [5.41, 5.74) is 1.76. The number of pyridine rings is 1. The quantitative estimate of drug-likeness (QED) is 0.803. The van der Waals surface area contributed by atoms with Crippen LogP contribution in [0.5, 0.6) is 0 Å². The number of halogens is 1. The Bertz CT molecular complexity index is 647. The van der Waals surface area contributed by atoms with Crippen LogP contribution < -0.4 is 10.6 Å². The fourth-order valence-corrected chi connectivity index (χ4v) is 1.99. The molecule has 2 N–H and O–H groups in total. The molecule has 0 saturated carbocycles. The van der Waals surface area contributed by atoms with Gasteiger partial charge in [-0.3, -0.25) is 14.6 Å². The van der Waals surface area contributed by atoms with Crippen molar-refractivity contribution >= 4 is 29.1 Å². The van der Waals surface area contributed by atoms with E-state index in [1.54, 1.807) is 30.5 Å². The van der Waals surface area contributed by atoms with Gasteiger partial charge < -0.3 is 10.6 Å². The molecule has 1 heterocycles. The third kappa shape index (κ3) is 4.56. The molecular formula is C16H16ClN3O2. The third-order valence-electron chi connectivity index (χ3n) is 2.96. The number of benzene rings is 1. The normalized spacial score (nSPS) is 10.0. The average molecular weight is 318 g/mol. The van der Waals surface area contributed by atoms with Crippen molar-refractivity contribution in [1.82, 2.24) is 10.3 Å². The molecule has 0 aliphatic carbocycles. The van der Waals surface area contributed by atoms with Crippen LogP contribution in [0.25, 0.3) is 0 Å². The van der Waals surface area contributed by atoms with E-state index in [0.29, 0.717) is 24.2 Å². The second-order valence-corrected chi connectivity index (χ2v) is 4.82. The highest BCUT2D eigenvalue weighted by atomic mass is 35.5. The molecule has 1 aromatic heterocycles. The Kier molecular flexibility index (Phi) is 5.91. The highest BCUT2D eigenvalue weighted by Gasteiger charge is 2.12. The van der Waals surface area contributed by atoms with E-state index in [4.69, 9.17) is 11.6 Å². The van der Waals surface area contributed by atoms with Crippen LogP contribution in [0.2, 0.25) is 0 Å². The van der Waals surface area contributed by atoms with E-state index in [2.05, 4.69) is 15.6 Å². The number of carbonyl (C=O) groups is 2. The van der Waals surface area contributed by atoms with E-state index >= 15 is 0 Å². The van der Waals surface area contributed by atoms with E-state index in [1.807, 2.05) is 18.2 Å². The molecule has 114 valence electrons. The summed E-state index contributed by atoms with van der Waals surface area (Å²) in [4.78, 5) is 27.8. The molecule has 2 amide bonds. The zero-order valence-electron chi connectivity index (χ0n) is 11.9. The van der Waals surface area contributed by atoms with Gasteiger partial charge in [-0.1, -0.05) is 18.2 Å². The van der Waals surface area contributed by atoms with Crippen LogP contribution >= 0.6 is 11.6 Å². The second-order valence-electron chi connectivity index (χ2n) is 4.55. The largest absolute Gasteiger partial charge is 0.352 e. The highest BCUT2D eigenvalue weighted by molar-refractivity contribution is 6.29. The zero-order chi connectivity index (χ0) is 15.8. The molecule has 0 aliphatic heterocycles. The Balaban J connectivity index is 1.96. The first-order chi connectivity index (χ1) is 10.7. The summed E-state index contributed by atoms with van der Waals surface area (Å²) in [5.74, 6) is -0.757. The molecule has 2 rings (SSSR count). The first-order valence-electron chi connectivity index (χ1n) is 6.83. The molecule has 0 spiro atoms. The molecule has 0 saturated heterocycles. The summed E-state index contributed by atoms with van der Waals surface area (Å²) in [6.07, 6.45) is 2.36. The lowest BCUT2D eigenvalue weighted by Gasteiger charge is -2.10. The summed E-state index contributed by atoms with van der Waals surface area (Å²) in [7, 11) is 0. The van der Waals surface area contributed by atoms with Crippen LogP contribution in [-0.2, 0) is 11.2 Å². The van der Waals surface area contributed by atoms with Crippen LogP contribution in [0, 0.1) is 0 Å². The van der Waals surface area contributed by atoms with Crippen molar-refractivity contribution in [2.75, 3.05) is 17.7 Å². The van der Waals surface area contributed by atoms with Gasteiger partial charge in [0, 0.05) is 24.9 Å². The monoisotopic (exact) mass is 317 g/mol. The molecule has 0 radical (unpaired) electrons. The van der Waals surface area contributed by atoms with Crippen molar-refractivity contribution in [3.8, 4) is 0 Å². The van der Waals surface area contributed by atoms with E-state index in [9.17, 15) is 9.59 Å². The maximum absolute atomic E-state index is 12.2. The number of nitrogens with zero attached hydrogens (tertiary/aromatic N) is 1. The van der Waals surface area contributed by atoms with E-state index in [-0.39, 0.29) is 17.7 Å². The molecule has 22 heavy (non-hydrogen) atoms. The van der Waals surface area contributed by atoms with Crippen LogP contribution in [0.15, 0.2) is 48.7 Å². The Morgan fingerprint density at radius 3 is 2.59 bits per heavy atom. The summed E-state index contributed by atoms with van der Waals surface area (Å²) in [6, 6.07) is 12.5. The van der Waals surface area contributed by atoms with Crippen LogP contribution in [0.4, 0.5) is 5.69 Å². The van der Waals surface area contributed by atoms with Crippen LogP contribution in [0.3, 0.4) is 0 Å². The van der Waals surface area contributed by atoms with Crippen LogP contribution in [0.1, 0.15) is 16.1 Å². The van der Waals surface area contributed by atoms with Gasteiger partial charge in [-0.05, 0) is 24.3 Å². The fraction of sp³-hybridized carbons (Fsp3) is 0.188. The lowest BCUT2D eigenvalue weighted by atomic mass is 10.1. The molecule has 1 aromatic carbocycles. The minimum atomic E-state index is -0.351. The molecule has 0 bridgehead atoms. The number of aromatic nitrogens is 1. The standard InChI is InChI=1S/C16H16ClN3O2/c17-11-15(21)20-14-7-2-1-6-13(14)16(22)19-10-8-12-5-3-4-9-18-12/h1-7,9H,8,10-11H2,(H,19,22)(H,20,21). The Morgan fingerprint density at radius 2 is 1.86 bits per heavy atom. The first kappa shape index (κ1) is 16.0. The number of alkyl halides is 1. The summed E-state index contributed by atoms with van der Waals surface area (Å²) in [6.45, 7) is 0.466. The number of rotatable bonds is 6. The Morgan fingerprint density at radius 1 is 1.09 bits per heavy atom. The molecule has 0 unspecified atom stereocenters. The van der Waals surface area contributed by atoms with Crippen molar-refractivity contribution in [1.29, 1.82) is 0 Å². The number of amides is 2. The second kappa shape index (κ2) is 8.14. The van der Waals surface area contributed by atoms with Crippen molar-refractivity contribution in [3.05, 3.63) is 59.9 Å². The predicted octanol–water partition coefficient (Wildman–Crippen LogP) is 2.23. The van der Waals surface area contributed by atoms with Gasteiger partial charge in [-0.2, -0.15) is 0 Å². The molecular weight excluding hydrogens is 302 g/mol. The molecule has 0 aliphatic rings. The van der Waals surface area contributed by atoms with Gasteiger partial charge in [0.25, 0.3) is 5.91 Å². The molecule has 5 nitrogen and oxygen atoms in total. The van der Waals surface area contributed by atoms with E-state index < -0.39 is 0 Å². The van der Waals surface area contributed by atoms with Gasteiger partial charge in [-0.25, -0.2) is 0 Å². The van der Waals surface area contributed by atoms with Gasteiger partial charge in [0.15, 0.2) is 0 Å². The Hall–Kier alpha value is -2.40. The van der Waals surface area contributed by atoms with E-state index in [1.165, 1.54) is 0 Å². The SMILES string of the molecule is O=C(CCl)Nc1ccccc1C(=O)NCCc1ccccn1. The average Bonchev–Trinajstić information content (AvgIpc) is 2.56. The van der Waals surface area contributed by atoms with Crippen LogP contribution in [-0.4, -0.2) is 29.2 Å². The number of carbonyl (C=O) groups excluding carboxylic acids is 2. The fourth-order valence-electron chi connectivity index (χ4n) is 1.92. The number of nitrogens with one attached hydrogen (secondary N) is 2. The number of anilines is 1. The molecule has 2 aromatic rings. The molecule has 6 heteroatoms. The Labute approximate surface area is 133 Å². The number of hydrogen-bond acceptors (Lipinski definition) is 3. The first-order valence-corrected chi connectivity index (χ1v) is 7.37. The molecule has 0 fully saturated rings. The van der Waals surface area contributed by atoms with Crippen molar-refractivity contribution in [2.24, 2.45) is 0 Å². The van der Waals surface area contributed by atoms with Crippen molar-refractivity contribution < 1.29 is 9.59 Å². The summed E-state index contributed by atoms with van der Waals surface area (Å²) in [5, 5.41) is 5.42. The third-order valence-corrected chi connectivity index (χ3v) is 3.20. The van der Waals surface area contributed by atoms with Gasteiger partial charge in [0.1, 0.15) is 5.88 Å². The molecule has 0 atom stereocenters. The summed E-state index contributed by atoms with van der Waals surface area (Å²) < 4.78 is 0. The smallest absolute Gasteiger partial charge is 0.253 e. The topological polar surface area (TPSA) is 71.1 Å². The maximum atomic E-state index is 12.2. The van der Waals surface area contributed by atoms with Gasteiger partial charge >= 0.3 is 0 Å². The lowest BCUT2D eigenvalue weighted by Crippen LogP contribution is -2.27. The highest BCUT2D eigenvalue weighted by Crippen LogP contribution is 2.15. The minimum absolute atomic E-state index is 0.157. The van der Waals surface area contributed by atoms with Crippen molar-refractivity contribution in [2.45, 2.75) is 6.42 Å². The summed E-state index contributed by atoms with van der Waals surface area (Å²) >= 11 is 5.47. The van der Waals surface area contributed by atoms with Crippen molar-refractivity contribution in [3.63, 3.8) is 0 Å². The number of para-hydroxylation sites is 1.